The van der Waals surface area contributed by atoms with Crippen LogP contribution in [0.1, 0.15) is 5.89 Å². The largest absolute Gasteiger partial charge is 0.408 e. The molecule has 8 heteroatoms. The zero-order valence-corrected chi connectivity index (χ0v) is 10.6. The Morgan fingerprint density at radius 1 is 1.28 bits per heavy atom. The third-order valence-electron chi connectivity index (χ3n) is 2.06. The maximum Gasteiger partial charge on any atom is 0.320 e. The second-order valence-corrected chi connectivity index (χ2v) is 4.22. The van der Waals surface area contributed by atoms with Crippen LogP contribution in [0.3, 0.4) is 0 Å². The summed E-state index contributed by atoms with van der Waals surface area (Å²) in [7, 11) is 0. The Kier molecular flexibility index (Phi) is 4.00. The van der Waals surface area contributed by atoms with Crippen LogP contribution in [0.25, 0.3) is 0 Å². The monoisotopic (exact) mass is 290 g/mol. The fourth-order valence-corrected chi connectivity index (χ4v) is 1.85. The minimum atomic E-state index is -0.523. The molecule has 2 rings (SSSR count). The number of nitrogens with two attached hydrogens (primary N) is 1. The van der Waals surface area contributed by atoms with Gasteiger partial charge in [-0.3, -0.25) is 0 Å². The third kappa shape index (κ3) is 2.90. The van der Waals surface area contributed by atoms with Gasteiger partial charge in [0.05, 0.1) is 15.7 Å². The molecule has 0 saturated heterocycles. The van der Waals surface area contributed by atoms with Crippen molar-refractivity contribution in [1.82, 2.24) is 10.2 Å². The summed E-state index contributed by atoms with van der Waals surface area (Å²) >= 11 is 11.7. The van der Waals surface area contributed by atoms with Crippen LogP contribution >= 0.6 is 23.2 Å². The van der Waals surface area contributed by atoms with E-state index in [-0.39, 0.29) is 16.1 Å². The standard InChI is InChI=1S/C10H9Cl2FN4O/c11-6-3-5(13)4-7(12)9(6)15-10-17-16-8(18-10)1-2-14/h3-4H,1-2,14H2,(H,15,17). The normalized spacial score (nSPS) is 10.7. The first-order chi connectivity index (χ1) is 8.60. The summed E-state index contributed by atoms with van der Waals surface area (Å²) in [6.45, 7) is 0.402. The van der Waals surface area contributed by atoms with Crippen LogP contribution in [0.5, 0.6) is 0 Å². The molecule has 0 amide bonds. The first-order valence-corrected chi connectivity index (χ1v) is 5.79. The molecule has 0 spiro atoms. The summed E-state index contributed by atoms with van der Waals surface area (Å²) in [5.41, 5.74) is 5.66. The predicted molar refractivity (Wildman–Crippen MR) is 66.8 cm³/mol. The number of anilines is 2. The van der Waals surface area contributed by atoms with Gasteiger partial charge in [-0.25, -0.2) is 4.39 Å². The molecule has 2 aromatic rings. The Morgan fingerprint density at radius 2 is 1.94 bits per heavy atom. The van der Waals surface area contributed by atoms with Crippen molar-refractivity contribution in [2.45, 2.75) is 6.42 Å². The lowest BCUT2D eigenvalue weighted by Crippen LogP contribution is -2.02. The second-order valence-electron chi connectivity index (χ2n) is 3.41. The van der Waals surface area contributed by atoms with Gasteiger partial charge in [0.25, 0.3) is 0 Å². The van der Waals surface area contributed by atoms with Crippen LogP contribution in [0, 0.1) is 5.82 Å². The molecule has 0 bridgehead atoms. The van der Waals surface area contributed by atoms with E-state index in [0.717, 1.165) is 12.1 Å². The first kappa shape index (κ1) is 13.1. The van der Waals surface area contributed by atoms with Crippen molar-refractivity contribution in [2.75, 3.05) is 11.9 Å². The van der Waals surface area contributed by atoms with Crippen molar-refractivity contribution >= 4 is 34.9 Å². The molecule has 3 N–H and O–H groups in total. The van der Waals surface area contributed by atoms with Gasteiger partial charge in [-0.15, -0.1) is 5.10 Å². The van der Waals surface area contributed by atoms with Crippen molar-refractivity contribution in [2.24, 2.45) is 5.73 Å². The third-order valence-corrected chi connectivity index (χ3v) is 2.66. The lowest BCUT2D eigenvalue weighted by atomic mass is 10.3. The average molecular weight is 291 g/mol. The molecule has 0 unspecified atom stereocenters. The topological polar surface area (TPSA) is 77.0 Å². The van der Waals surface area contributed by atoms with Gasteiger partial charge >= 0.3 is 6.01 Å². The Morgan fingerprint density at radius 3 is 2.56 bits per heavy atom. The van der Waals surface area contributed by atoms with Crippen LogP contribution < -0.4 is 11.1 Å². The van der Waals surface area contributed by atoms with Crippen LogP contribution in [0.4, 0.5) is 16.1 Å². The fourth-order valence-electron chi connectivity index (χ4n) is 1.30. The molecule has 0 aliphatic carbocycles. The molecule has 1 aromatic heterocycles. The highest BCUT2D eigenvalue weighted by molar-refractivity contribution is 6.39. The van der Waals surface area contributed by atoms with Crippen molar-refractivity contribution in [3.63, 3.8) is 0 Å². The quantitative estimate of drug-likeness (QED) is 0.905. The molecular formula is C10H9Cl2FN4O. The molecule has 0 fully saturated rings. The number of benzene rings is 1. The first-order valence-electron chi connectivity index (χ1n) is 5.04. The van der Waals surface area contributed by atoms with E-state index in [9.17, 15) is 4.39 Å². The number of nitrogens with zero attached hydrogens (tertiary/aromatic N) is 2. The lowest BCUT2D eigenvalue weighted by Gasteiger charge is -2.06. The maximum atomic E-state index is 13.0. The van der Waals surface area contributed by atoms with Crippen molar-refractivity contribution in [3.8, 4) is 0 Å². The Labute approximate surface area is 112 Å². The Bertz CT molecular complexity index is 538. The molecular weight excluding hydrogens is 282 g/mol. The van der Waals surface area contributed by atoms with Crippen molar-refractivity contribution in [3.05, 3.63) is 33.9 Å². The average Bonchev–Trinajstić information content (AvgIpc) is 2.72. The maximum absolute atomic E-state index is 13.0. The summed E-state index contributed by atoms with van der Waals surface area (Å²) in [6, 6.07) is 2.38. The number of hydrogen-bond donors (Lipinski definition) is 2. The summed E-state index contributed by atoms with van der Waals surface area (Å²) in [4.78, 5) is 0. The van der Waals surface area contributed by atoms with Crippen LogP contribution in [-0.4, -0.2) is 16.7 Å². The van der Waals surface area contributed by atoms with E-state index in [4.69, 9.17) is 33.4 Å². The second kappa shape index (κ2) is 5.51. The summed E-state index contributed by atoms with van der Waals surface area (Å²) in [5, 5.41) is 10.5. The summed E-state index contributed by atoms with van der Waals surface area (Å²) in [6.07, 6.45) is 0.472. The van der Waals surface area contributed by atoms with Crippen molar-refractivity contribution in [1.29, 1.82) is 0 Å². The molecule has 96 valence electrons. The SMILES string of the molecule is NCCc1nnc(Nc2c(Cl)cc(F)cc2Cl)o1. The minimum Gasteiger partial charge on any atom is -0.408 e. The Balaban J connectivity index is 2.22. The molecule has 0 aliphatic rings. The highest BCUT2D eigenvalue weighted by Crippen LogP contribution is 2.33. The molecule has 0 atom stereocenters. The lowest BCUT2D eigenvalue weighted by molar-refractivity contribution is 0.510. The van der Waals surface area contributed by atoms with Gasteiger partial charge in [-0.05, 0) is 12.1 Å². The molecule has 5 nitrogen and oxygen atoms in total. The fraction of sp³-hybridized carbons (Fsp3) is 0.200. The van der Waals surface area contributed by atoms with Gasteiger partial charge in [-0.2, -0.15) is 0 Å². The van der Waals surface area contributed by atoms with E-state index >= 15 is 0 Å². The van der Waals surface area contributed by atoms with E-state index in [1.165, 1.54) is 0 Å². The van der Waals surface area contributed by atoms with E-state index in [1.807, 2.05) is 0 Å². The Hall–Kier alpha value is -1.37. The highest BCUT2D eigenvalue weighted by atomic mass is 35.5. The summed E-state index contributed by atoms with van der Waals surface area (Å²) < 4.78 is 18.2. The number of nitrogens with one attached hydrogen (secondary N) is 1. The molecule has 0 radical (unpaired) electrons. The number of hydrogen-bond acceptors (Lipinski definition) is 5. The smallest absolute Gasteiger partial charge is 0.320 e. The van der Waals surface area contributed by atoms with E-state index < -0.39 is 5.82 Å². The zero-order chi connectivity index (χ0) is 13.1. The molecule has 0 aliphatic heterocycles. The predicted octanol–water partition coefficient (Wildman–Crippen LogP) is 2.76. The number of rotatable bonds is 4. The van der Waals surface area contributed by atoms with Gasteiger partial charge in [0.15, 0.2) is 0 Å². The minimum absolute atomic E-state index is 0.119. The van der Waals surface area contributed by atoms with Crippen molar-refractivity contribution < 1.29 is 8.81 Å². The van der Waals surface area contributed by atoms with Crippen LogP contribution in [0.2, 0.25) is 10.0 Å². The number of halogens is 3. The van der Waals surface area contributed by atoms with E-state index in [0.29, 0.717) is 24.5 Å². The summed E-state index contributed by atoms with van der Waals surface area (Å²) in [5.74, 6) is -0.126. The van der Waals surface area contributed by atoms with Gasteiger partial charge in [0, 0.05) is 13.0 Å². The van der Waals surface area contributed by atoms with Crippen LogP contribution in [-0.2, 0) is 6.42 Å². The van der Waals surface area contributed by atoms with E-state index in [2.05, 4.69) is 15.5 Å². The molecule has 1 aromatic carbocycles. The van der Waals surface area contributed by atoms with Crippen LogP contribution in [0.15, 0.2) is 16.5 Å². The zero-order valence-electron chi connectivity index (χ0n) is 9.08. The van der Waals surface area contributed by atoms with Gasteiger partial charge in [0.2, 0.25) is 5.89 Å². The van der Waals surface area contributed by atoms with Gasteiger partial charge in [-0.1, -0.05) is 28.3 Å². The van der Waals surface area contributed by atoms with Gasteiger partial charge < -0.3 is 15.5 Å². The highest BCUT2D eigenvalue weighted by Gasteiger charge is 2.12. The number of aromatic nitrogens is 2. The van der Waals surface area contributed by atoms with Gasteiger partial charge in [0.1, 0.15) is 5.82 Å². The van der Waals surface area contributed by atoms with E-state index in [1.54, 1.807) is 0 Å². The molecule has 0 saturated carbocycles. The molecule has 1 heterocycles. The molecule has 18 heavy (non-hydrogen) atoms.